The van der Waals surface area contributed by atoms with Crippen LogP contribution in [0.1, 0.15) is 37.9 Å². The molecule has 0 spiro atoms. The summed E-state index contributed by atoms with van der Waals surface area (Å²) in [7, 11) is 0. The van der Waals surface area contributed by atoms with E-state index in [1.165, 1.54) is 0 Å². The second kappa shape index (κ2) is 8.93. The van der Waals surface area contributed by atoms with Crippen LogP contribution in [-0.2, 0) is 4.79 Å². The van der Waals surface area contributed by atoms with Crippen LogP contribution in [0.15, 0.2) is 12.1 Å². The zero-order valence-corrected chi connectivity index (χ0v) is 15.8. The topological polar surface area (TPSA) is 79.8 Å². The Balaban J connectivity index is 1.51. The number of piperidine rings is 1. The maximum absolute atomic E-state index is 12.2. The van der Waals surface area contributed by atoms with Gasteiger partial charge in [-0.1, -0.05) is 18.5 Å². The number of aliphatic hydroxyl groups excluding tert-OH is 1. The number of nitrogens with one attached hydrogen (secondary N) is 2. The average molecular weight is 383 g/mol. The minimum absolute atomic E-state index is 0.0290. The molecule has 2 aliphatic rings. The molecule has 3 N–H and O–H groups in total. The van der Waals surface area contributed by atoms with E-state index in [0.29, 0.717) is 53.6 Å². The molecule has 1 amide bonds. The zero-order chi connectivity index (χ0) is 18.5. The van der Waals surface area contributed by atoms with Crippen molar-refractivity contribution in [2.45, 2.75) is 32.3 Å². The predicted octanol–water partition coefficient (Wildman–Crippen LogP) is 2.29. The highest BCUT2D eigenvalue weighted by Crippen LogP contribution is 2.39. The molecule has 0 saturated carbocycles. The first-order valence-electron chi connectivity index (χ1n) is 9.29. The lowest BCUT2D eigenvalue weighted by molar-refractivity contribution is -0.122. The van der Waals surface area contributed by atoms with Crippen molar-refractivity contribution < 1.29 is 19.4 Å². The van der Waals surface area contributed by atoms with E-state index in [1.807, 2.05) is 0 Å². The Hall–Kier alpha value is -1.50. The first-order valence-corrected chi connectivity index (χ1v) is 9.67. The molecule has 1 fully saturated rings. The van der Waals surface area contributed by atoms with Gasteiger partial charge in [-0.3, -0.25) is 4.79 Å². The Bertz CT molecular complexity index is 634. The molecule has 26 heavy (non-hydrogen) atoms. The van der Waals surface area contributed by atoms with E-state index in [1.54, 1.807) is 12.1 Å². The van der Waals surface area contributed by atoms with Crippen molar-refractivity contribution in [1.29, 1.82) is 0 Å². The standard InChI is InChI=1S/C19H27ClN2O4/c1-12(13-2-4-21-5-3-13)8-18(24)22-11-16(23)14-9-15(20)19-17(10-14)25-6-7-26-19/h9-10,12-13,16,21,23H,2-8,11H2,1H3,(H,22,24). The average Bonchev–Trinajstić information content (AvgIpc) is 2.66. The molecule has 0 aromatic heterocycles. The third kappa shape index (κ3) is 4.81. The molecule has 0 aliphatic carbocycles. The van der Waals surface area contributed by atoms with Crippen molar-refractivity contribution in [3.8, 4) is 11.5 Å². The lowest BCUT2D eigenvalue weighted by Crippen LogP contribution is -2.34. The summed E-state index contributed by atoms with van der Waals surface area (Å²) >= 11 is 6.20. The van der Waals surface area contributed by atoms with Crippen molar-refractivity contribution in [3.05, 3.63) is 22.7 Å². The number of hydrogen-bond acceptors (Lipinski definition) is 5. The van der Waals surface area contributed by atoms with Gasteiger partial charge in [-0.05, 0) is 55.5 Å². The fraction of sp³-hybridized carbons (Fsp3) is 0.632. The van der Waals surface area contributed by atoms with Gasteiger partial charge in [-0.2, -0.15) is 0 Å². The van der Waals surface area contributed by atoms with E-state index in [2.05, 4.69) is 17.6 Å². The van der Waals surface area contributed by atoms with Crippen LogP contribution in [-0.4, -0.2) is 43.9 Å². The van der Waals surface area contributed by atoms with Gasteiger partial charge in [-0.25, -0.2) is 0 Å². The molecule has 1 aromatic carbocycles. The van der Waals surface area contributed by atoms with Gasteiger partial charge < -0.3 is 25.2 Å². The molecule has 6 nitrogen and oxygen atoms in total. The number of carbonyl (C=O) groups excluding carboxylic acids is 1. The molecule has 0 bridgehead atoms. The molecule has 2 atom stereocenters. The first-order chi connectivity index (χ1) is 12.5. The van der Waals surface area contributed by atoms with E-state index in [4.69, 9.17) is 21.1 Å². The van der Waals surface area contributed by atoms with Crippen molar-refractivity contribution >= 4 is 17.5 Å². The van der Waals surface area contributed by atoms with Crippen LogP contribution >= 0.6 is 11.6 Å². The molecular formula is C19H27ClN2O4. The van der Waals surface area contributed by atoms with Crippen molar-refractivity contribution in [3.63, 3.8) is 0 Å². The van der Waals surface area contributed by atoms with E-state index in [0.717, 1.165) is 25.9 Å². The minimum Gasteiger partial charge on any atom is -0.486 e. The molecule has 144 valence electrons. The van der Waals surface area contributed by atoms with Crippen LogP contribution in [0.4, 0.5) is 0 Å². The second-order valence-corrected chi connectivity index (χ2v) is 7.52. The number of rotatable bonds is 6. The summed E-state index contributed by atoms with van der Waals surface area (Å²) in [4.78, 5) is 12.2. The molecule has 0 radical (unpaired) electrons. The highest BCUT2D eigenvalue weighted by atomic mass is 35.5. The number of amides is 1. The Labute approximate surface area is 159 Å². The van der Waals surface area contributed by atoms with Crippen LogP contribution in [0, 0.1) is 11.8 Å². The number of halogens is 1. The van der Waals surface area contributed by atoms with Crippen LogP contribution in [0.5, 0.6) is 11.5 Å². The van der Waals surface area contributed by atoms with E-state index >= 15 is 0 Å². The summed E-state index contributed by atoms with van der Waals surface area (Å²) in [5.41, 5.74) is 0.603. The second-order valence-electron chi connectivity index (χ2n) is 7.12. The van der Waals surface area contributed by atoms with Crippen molar-refractivity contribution in [1.82, 2.24) is 10.6 Å². The van der Waals surface area contributed by atoms with E-state index in [9.17, 15) is 9.90 Å². The molecule has 2 heterocycles. The van der Waals surface area contributed by atoms with Crippen LogP contribution in [0.3, 0.4) is 0 Å². The van der Waals surface area contributed by atoms with Gasteiger partial charge in [0.25, 0.3) is 0 Å². The van der Waals surface area contributed by atoms with Crippen LogP contribution in [0.2, 0.25) is 5.02 Å². The largest absolute Gasteiger partial charge is 0.486 e. The Morgan fingerprint density at radius 1 is 1.35 bits per heavy atom. The van der Waals surface area contributed by atoms with Gasteiger partial charge in [0.15, 0.2) is 11.5 Å². The van der Waals surface area contributed by atoms with Gasteiger partial charge in [0.05, 0.1) is 11.1 Å². The maximum Gasteiger partial charge on any atom is 0.220 e. The third-order valence-corrected chi connectivity index (χ3v) is 5.47. The zero-order valence-electron chi connectivity index (χ0n) is 15.1. The summed E-state index contributed by atoms with van der Waals surface area (Å²) < 4.78 is 11.0. The summed E-state index contributed by atoms with van der Waals surface area (Å²) in [6.45, 7) is 5.24. The van der Waals surface area contributed by atoms with E-state index in [-0.39, 0.29) is 12.5 Å². The highest BCUT2D eigenvalue weighted by Gasteiger charge is 2.23. The predicted molar refractivity (Wildman–Crippen MR) is 99.8 cm³/mol. The maximum atomic E-state index is 12.2. The number of ether oxygens (including phenoxy) is 2. The molecule has 7 heteroatoms. The van der Waals surface area contributed by atoms with Gasteiger partial charge in [-0.15, -0.1) is 0 Å². The fourth-order valence-electron chi connectivity index (χ4n) is 3.60. The normalized spacial score (nSPS) is 19.7. The summed E-state index contributed by atoms with van der Waals surface area (Å²) in [6, 6.07) is 3.37. The number of hydrogen-bond donors (Lipinski definition) is 3. The lowest BCUT2D eigenvalue weighted by atomic mass is 9.84. The highest BCUT2D eigenvalue weighted by molar-refractivity contribution is 6.32. The molecule has 1 aromatic rings. The quantitative estimate of drug-likeness (QED) is 0.703. The summed E-state index contributed by atoms with van der Waals surface area (Å²) in [5, 5.41) is 17.0. The van der Waals surface area contributed by atoms with Gasteiger partial charge in [0, 0.05) is 13.0 Å². The van der Waals surface area contributed by atoms with Gasteiger partial charge in [0.1, 0.15) is 13.2 Å². The minimum atomic E-state index is -0.846. The Morgan fingerprint density at radius 2 is 2.08 bits per heavy atom. The number of carbonyl (C=O) groups is 1. The summed E-state index contributed by atoms with van der Waals surface area (Å²) in [6.07, 6.45) is 1.88. The van der Waals surface area contributed by atoms with Crippen LogP contribution < -0.4 is 20.1 Å². The van der Waals surface area contributed by atoms with Gasteiger partial charge in [0.2, 0.25) is 5.91 Å². The molecule has 2 aliphatic heterocycles. The van der Waals surface area contributed by atoms with Crippen LogP contribution in [0.25, 0.3) is 0 Å². The number of benzene rings is 1. The smallest absolute Gasteiger partial charge is 0.220 e. The third-order valence-electron chi connectivity index (χ3n) is 5.19. The first kappa shape index (κ1) is 19.3. The van der Waals surface area contributed by atoms with E-state index < -0.39 is 6.10 Å². The number of fused-ring (bicyclic) bond motifs is 1. The molecular weight excluding hydrogens is 356 g/mol. The fourth-order valence-corrected chi connectivity index (χ4v) is 3.87. The number of aliphatic hydroxyl groups is 1. The molecule has 3 rings (SSSR count). The van der Waals surface area contributed by atoms with Gasteiger partial charge >= 0.3 is 0 Å². The Kier molecular flexibility index (Phi) is 6.62. The summed E-state index contributed by atoms with van der Waals surface area (Å²) in [5.74, 6) is 1.94. The monoisotopic (exact) mass is 382 g/mol. The van der Waals surface area contributed by atoms with Crippen molar-refractivity contribution in [2.24, 2.45) is 11.8 Å². The van der Waals surface area contributed by atoms with Crippen molar-refractivity contribution in [2.75, 3.05) is 32.8 Å². The SMILES string of the molecule is CC(CC(=O)NCC(O)c1cc(Cl)c2c(c1)OCCO2)C1CCNCC1. The lowest BCUT2D eigenvalue weighted by Gasteiger charge is -2.28. The Morgan fingerprint density at radius 3 is 2.85 bits per heavy atom. The molecule has 2 unspecified atom stereocenters. The molecule has 1 saturated heterocycles.